The first-order valence-electron chi connectivity index (χ1n) is 5.78. The summed E-state index contributed by atoms with van der Waals surface area (Å²) in [5.74, 6) is 0. The van der Waals surface area contributed by atoms with Crippen LogP contribution in [0.2, 0.25) is 0 Å². The zero-order chi connectivity index (χ0) is 10.8. The minimum atomic E-state index is 0.349. The normalized spacial score (nSPS) is 21.1. The van der Waals surface area contributed by atoms with Crippen molar-refractivity contribution in [2.24, 2.45) is 0 Å². The SMILES string of the molecule is c1ccc2sc(OC3CCCNC3)cc2c1. The van der Waals surface area contributed by atoms with Crippen LogP contribution in [0.25, 0.3) is 10.1 Å². The topological polar surface area (TPSA) is 21.3 Å². The average molecular weight is 233 g/mol. The van der Waals surface area contributed by atoms with Gasteiger partial charge in [0.05, 0.1) is 0 Å². The molecule has 1 atom stereocenters. The summed E-state index contributed by atoms with van der Waals surface area (Å²) >= 11 is 1.74. The molecule has 84 valence electrons. The Bertz CT molecular complexity index is 440. The van der Waals surface area contributed by atoms with Crippen molar-refractivity contribution in [1.29, 1.82) is 0 Å². The van der Waals surface area contributed by atoms with Crippen LogP contribution >= 0.6 is 11.3 Å². The molecule has 0 spiro atoms. The molecule has 1 aliphatic heterocycles. The van der Waals surface area contributed by atoms with E-state index >= 15 is 0 Å². The van der Waals surface area contributed by atoms with Gasteiger partial charge in [0, 0.05) is 11.2 Å². The zero-order valence-electron chi connectivity index (χ0n) is 9.11. The summed E-state index contributed by atoms with van der Waals surface area (Å²) in [6.07, 6.45) is 2.73. The first-order valence-corrected chi connectivity index (χ1v) is 6.59. The molecule has 0 radical (unpaired) electrons. The molecule has 0 aliphatic carbocycles. The molecule has 0 amide bonds. The largest absolute Gasteiger partial charge is 0.480 e. The molecule has 1 saturated heterocycles. The molecule has 2 aromatic rings. The van der Waals surface area contributed by atoms with Gasteiger partial charge in [0.25, 0.3) is 0 Å². The van der Waals surface area contributed by atoms with Gasteiger partial charge in [-0.05, 0) is 36.9 Å². The van der Waals surface area contributed by atoms with Gasteiger partial charge in [-0.15, -0.1) is 0 Å². The number of fused-ring (bicyclic) bond motifs is 1. The van der Waals surface area contributed by atoms with Crippen LogP contribution in [0.1, 0.15) is 12.8 Å². The van der Waals surface area contributed by atoms with Crippen LogP contribution in [-0.4, -0.2) is 19.2 Å². The summed E-state index contributed by atoms with van der Waals surface area (Å²) < 4.78 is 7.30. The van der Waals surface area contributed by atoms with Gasteiger partial charge in [0.15, 0.2) is 5.06 Å². The Balaban J connectivity index is 1.78. The molecular formula is C13H15NOS. The van der Waals surface area contributed by atoms with Crippen molar-refractivity contribution in [3.8, 4) is 5.06 Å². The van der Waals surface area contributed by atoms with Gasteiger partial charge in [-0.3, -0.25) is 0 Å². The highest BCUT2D eigenvalue weighted by Gasteiger charge is 2.15. The van der Waals surface area contributed by atoms with Gasteiger partial charge in [-0.1, -0.05) is 29.5 Å². The number of piperidine rings is 1. The summed E-state index contributed by atoms with van der Waals surface area (Å²) in [5.41, 5.74) is 0. The van der Waals surface area contributed by atoms with E-state index in [0.717, 1.165) is 18.2 Å². The predicted molar refractivity (Wildman–Crippen MR) is 68.3 cm³/mol. The highest BCUT2D eigenvalue weighted by molar-refractivity contribution is 7.20. The van der Waals surface area contributed by atoms with Crippen LogP contribution in [0.5, 0.6) is 5.06 Å². The van der Waals surface area contributed by atoms with Gasteiger partial charge in [0.1, 0.15) is 6.10 Å². The second-order valence-electron chi connectivity index (χ2n) is 4.19. The number of nitrogens with one attached hydrogen (secondary N) is 1. The molecule has 1 aliphatic rings. The van der Waals surface area contributed by atoms with Crippen LogP contribution in [-0.2, 0) is 0 Å². The van der Waals surface area contributed by atoms with E-state index in [9.17, 15) is 0 Å². The van der Waals surface area contributed by atoms with Gasteiger partial charge in [-0.25, -0.2) is 0 Å². The Morgan fingerprint density at radius 3 is 3.06 bits per heavy atom. The maximum absolute atomic E-state index is 6.00. The minimum absolute atomic E-state index is 0.349. The van der Waals surface area contributed by atoms with Gasteiger partial charge >= 0.3 is 0 Å². The summed E-state index contributed by atoms with van der Waals surface area (Å²) in [6, 6.07) is 10.6. The quantitative estimate of drug-likeness (QED) is 0.861. The third kappa shape index (κ3) is 2.06. The average Bonchev–Trinajstić information content (AvgIpc) is 2.72. The molecule has 1 unspecified atom stereocenters. The Morgan fingerprint density at radius 1 is 1.31 bits per heavy atom. The second kappa shape index (κ2) is 4.44. The highest BCUT2D eigenvalue weighted by atomic mass is 32.1. The Morgan fingerprint density at radius 2 is 2.25 bits per heavy atom. The number of ether oxygens (including phenoxy) is 1. The molecule has 3 heteroatoms. The molecule has 1 aromatic heterocycles. The van der Waals surface area contributed by atoms with Crippen molar-refractivity contribution in [2.75, 3.05) is 13.1 Å². The maximum atomic E-state index is 6.00. The lowest BCUT2D eigenvalue weighted by Gasteiger charge is -2.22. The van der Waals surface area contributed by atoms with E-state index in [4.69, 9.17) is 4.74 Å². The fraction of sp³-hybridized carbons (Fsp3) is 0.385. The lowest BCUT2D eigenvalue weighted by atomic mass is 10.1. The van der Waals surface area contributed by atoms with E-state index < -0.39 is 0 Å². The fourth-order valence-corrected chi connectivity index (χ4v) is 3.08. The van der Waals surface area contributed by atoms with Crippen LogP contribution in [0.3, 0.4) is 0 Å². The van der Waals surface area contributed by atoms with Crippen molar-refractivity contribution in [3.05, 3.63) is 30.3 Å². The summed E-state index contributed by atoms with van der Waals surface area (Å²) in [4.78, 5) is 0. The Hall–Kier alpha value is -1.06. The molecule has 1 N–H and O–H groups in total. The van der Waals surface area contributed by atoms with E-state index in [1.54, 1.807) is 11.3 Å². The number of benzene rings is 1. The van der Waals surface area contributed by atoms with Crippen molar-refractivity contribution >= 4 is 21.4 Å². The molecular weight excluding hydrogens is 218 g/mol. The molecule has 2 nitrogen and oxygen atoms in total. The predicted octanol–water partition coefficient (Wildman–Crippen LogP) is 3.03. The van der Waals surface area contributed by atoms with E-state index in [2.05, 4.69) is 35.6 Å². The zero-order valence-corrected chi connectivity index (χ0v) is 9.93. The highest BCUT2D eigenvalue weighted by Crippen LogP contribution is 2.32. The summed E-state index contributed by atoms with van der Waals surface area (Å²) in [5, 5.41) is 5.70. The number of hydrogen-bond donors (Lipinski definition) is 1. The molecule has 3 rings (SSSR count). The molecule has 16 heavy (non-hydrogen) atoms. The lowest BCUT2D eigenvalue weighted by Crippen LogP contribution is -2.36. The van der Waals surface area contributed by atoms with E-state index in [1.807, 2.05) is 0 Å². The van der Waals surface area contributed by atoms with E-state index in [-0.39, 0.29) is 0 Å². The maximum Gasteiger partial charge on any atom is 0.175 e. The van der Waals surface area contributed by atoms with Crippen LogP contribution in [0.15, 0.2) is 30.3 Å². The van der Waals surface area contributed by atoms with Crippen LogP contribution < -0.4 is 10.1 Å². The molecule has 0 saturated carbocycles. The number of rotatable bonds is 2. The lowest BCUT2D eigenvalue weighted by molar-refractivity contribution is 0.172. The fourth-order valence-electron chi connectivity index (χ4n) is 2.10. The standard InChI is InChI=1S/C13H15NOS/c1-2-6-12-10(4-1)8-13(16-12)15-11-5-3-7-14-9-11/h1-2,4,6,8,11,14H,3,5,7,9H2. The van der Waals surface area contributed by atoms with Crippen LogP contribution in [0.4, 0.5) is 0 Å². The Kier molecular flexibility index (Phi) is 2.80. The molecule has 0 bridgehead atoms. The monoisotopic (exact) mass is 233 g/mol. The molecule has 1 fully saturated rings. The van der Waals surface area contributed by atoms with Gasteiger partial charge in [-0.2, -0.15) is 0 Å². The van der Waals surface area contributed by atoms with Crippen LogP contribution in [0, 0.1) is 0 Å². The van der Waals surface area contributed by atoms with Gasteiger partial charge < -0.3 is 10.1 Å². The third-order valence-corrected chi connectivity index (χ3v) is 3.94. The first-order chi connectivity index (χ1) is 7.92. The minimum Gasteiger partial charge on any atom is -0.480 e. The van der Waals surface area contributed by atoms with Crippen molar-refractivity contribution in [2.45, 2.75) is 18.9 Å². The number of hydrogen-bond acceptors (Lipinski definition) is 3. The van der Waals surface area contributed by atoms with Crippen molar-refractivity contribution < 1.29 is 4.74 Å². The molecule has 2 heterocycles. The van der Waals surface area contributed by atoms with Crippen molar-refractivity contribution in [3.63, 3.8) is 0 Å². The molecule has 1 aromatic carbocycles. The Labute approximate surface area is 99.2 Å². The van der Waals surface area contributed by atoms with E-state index in [0.29, 0.717) is 6.10 Å². The van der Waals surface area contributed by atoms with Crippen molar-refractivity contribution in [1.82, 2.24) is 5.32 Å². The first kappa shape index (κ1) is 10.1. The van der Waals surface area contributed by atoms with E-state index in [1.165, 1.54) is 22.9 Å². The third-order valence-electron chi connectivity index (χ3n) is 2.94. The summed E-state index contributed by atoms with van der Waals surface area (Å²) in [7, 11) is 0. The second-order valence-corrected chi connectivity index (χ2v) is 5.24. The summed E-state index contributed by atoms with van der Waals surface area (Å²) in [6.45, 7) is 2.11. The van der Waals surface area contributed by atoms with Gasteiger partial charge in [0.2, 0.25) is 0 Å². The number of thiophene rings is 1. The smallest absolute Gasteiger partial charge is 0.175 e.